The van der Waals surface area contributed by atoms with Crippen LogP contribution in [0.3, 0.4) is 0 Å². The number of nitrogens with one attached hydrogen (secondary N) is 1. The smallest absolute Gasteiger partial charge is 0.276 e. The van der Waals surface area contributed by atoms with E-state index >= 15 is 8.78 Å². The maximum absolute atomic E-state index is 15.1. The lowest BCUT2D eigenvalue weighted by atomic mass is 9.93. The second kappa shape index (κ2) is 8.56. The van der Waals surface area contributed by atoms with Crippen molar-refractivity contribution in [3.8, 4) is 28.3 Å². The molecule has 7 heteroatoms. The van der Waals surface area contributed by atoms with E-state index in [0.717, 1.165) is 19.5 Å². The van der Waals surface area contributed by atoms with E-state index in [2.05, 4.69) is 15.5 Å². The zero-order chi connectivity index (χ0) is 22.1. The molecule has 2 aromatic carbocycles. The molecular formula is C25H25F2N3O2. The average Bonchev–Trinajstić information content (AvgIpc) is 3.14. The first-order chi connectivity index (χ1) is 15.6. The van der Waals surface area contributed by atoms with Crippen LogP contribution in [-0.2, 0) is 30.0 Å². The molecular weight excluding hydrogens is 412 g/mol. The van der Waals surface area contributed by atoms with Gasteiger partial charge in [0.1, 0.15) is 23.7 Å². The number of para-hydroxylation sites is 1. The Kier molecular flexibility index (Phi) is 5.61. The van der Waals surface area contributed by atoms with Crippen molar-refractivity contribution in [2.45, 2.75) is 31.7 Å². The molecule has 0 fully saturated rings. The zero-order valence-corrected chi connectivity index (χ0v) is 18.0. The summed E-state index contributed by atoms with van der Waals surface area (Å²) in [6.07, 6.45) is 0.887. The van der Waals surface area contributed by atoms with Crippen molar-refractivity contribution < 1.29 is 18.3 Å². The molecule has 1 aliphatic heterocycles. The minimum Gasteiger partial charge on any atom is -0.490 e. The van der Waals surface area contributed by atoms with Gasteiger partial charge in [-0.05, 0) is 54.3 Å². The summed E-state index contributed by atoms with van der Waals surface area (Å²) in [6, 6.07) is 13.2. The summed E-state index contributed by atoms with van der Waals surface area (Å²) in [6.45, 7) is 2.48. The van der Waals surface area contributed by atoms with Gasteiger partial charge in [0.15, 0.2) is 0 Å². The van der Waals surface area contributed by atoms with E-state index in [1.807, 2.05) is 42.5 Å². The molecule has 3 aromatic rings. The second-order valence-corrected chi connectivity index (χ2v) is 8.20. The second-order valence-electron chi connectivity index (χ2n) is 8.20. The third kappa shape index (κ3) is 3.76. The van der Waals surface area contributed by atoms with E-state index in [4.69, 9.17) is 9.47 Å². The lowest BCUT2D eigenvalue weighted by Crippen LogP contribution is -2.23. The summed E-state index contributed by atoms with van der Waals surface area (Å²) in [5, 5.41) is 12.1. The maximum Gasteiger partial charge on any atom is 0.276 e. The van der Waals surface area contributed by atoms with Gasteiger partial charge < -0.3 is 14.8 Å². The molecule has 5 rings (SSSR count). The highest BCUT2D eigenvalue weighted by Crippen LogP contribution is 2.49. The van der Waals surface area contributed by atoms with Crippen LogP contribution in [0.4, 0.5) is 8.78 Å². The van der Waals surface area contributed by atoms with Crippen molar-refractivity contribution in [2.75, 3.05) is 26.9 Å². The number of rotatable bonds is 6. The van der Waals surface area contributed by atoms with Gasteiger partial charge in [-0.25, -0.2) is 8.78 Å². The van der Waals surface area contributed by atoms with Gasteiger partial charge in [0.05, 0.1) is 12.2 Å². The molecule has 1 aromatic heterocycles. The lowest BCUT2D eigenvalue weighted by Gasteiger charge is -2.20. The number of halogens is 2. The van der Waals surface area contributed by atoms with Gasteiger partial charge in [0.25, 0.3) is 5.92 Å². The van der Waals surface area contributed by atoms with Crippen LogP contribution in [0.2, 0.25) is 0 Å². The predicted molar refractivity (Wildman–Crippen MR) is 118 cm³/mol. The molecule has 166 valence electrons. The molecule has 0 bridgehead atoms. The van der Waals surface area contributed by atoms with Crippen LogP contribution in [0.15, 0.2) is 42.5 Å². The normalized spacial score (nSPS) is 16.5. The van der Waals surface area contributed by atoms with Crippen molar-refractivity contribution in [1.29, 1.82) is 0 Å². The molecule has 0 amide bonds. The number of aromatic nitrogens is 2. The van der Waals surface area contributed by atoms with Gasteiger partial charge in [-0.1, -0.05) is 24.3 Å². The Labute approximate surface area is 185 Å². The van der Waals surface area contributed by atoms with E-state index in [1.165, 1.54) is 11.1 Å². The fraction of sp³-hybridized carbons (Fsp3) is 0.360. The number of benzene rings is 2. The molecule has 1 N–H and O–H groups in total. The largest absolute Gasteiger partial charge is 0.490 e. The van der Waals surface area contributed by atoms with Crippen molar-refractivity contribution in [3.63, 3.8) is 0 Å². The molecule has 0 saturated heterocycles. The van der Waals surface area contributed by atoms with Crippen molar-refractivity contribution in [2.24, 2.45) is 0 Å². The van der Waals surface area contributed by atoms with Crippen LogP contribution >= 0.6 is 0 Å². The molecule has 0 saturated carbocycles. The fourth-order valence-corrected chi connectivity index (χ4v) is 4.58. The van der Waals surface area contributed by atoms with E-state index in [0.29, 0.717) is 41.3 Å². The molecule has 32 heavy (non-hydrogen) atoms. The monoisotopic (exact) mass is 437 g/mol. The van der Waals surface area contributed by atoms with Crippen molar-refractivity contribution in [1.82, 2.24) is 15.5 Å². The van der Waals surface area contributed by atoms with Crippen LogP contribution in [0.5, 0.6) is 5.75 Å². The van der Waals surface area contributed by atoms with Crippen molar-refractivity contribution >= 4 is 0 Å². The minimum atomic E-state index is -2.95. The lowest BCUT2D eigenvalue weighted by molar-refractivity contribution is -0.00158. The highest BCUT2D eigenvalue weighted by molar-refractivity contribution is 5.76. The van der Waals surface area contributed by atoms with Crippen molar-refractivity contribution in [3.05, 3.63) is 64.7 Å². The summed E-state index contributed by atoms with van der Waals surface area (Å²) in [7, 11) is 1.60. The molecule has 0 radical (unpaired) electrons. The number of fused-ring (bicyclic) bond motifs is 2. The molecule has 2 aliphatic rings. The van der Waals surface area contributed by atoms with Gasteiger partial charge in [0, 0.05) is 31.2 Å². The number of alkyl halides is 2. The number of hydrogen-bond acceptors (Lipinski definition) is 5. The van der Waals surface area contributed by atoms with Crippen LogP contribution in [0.25, 0.3) is 22.5 Å². The van der Waals surface area contributed by atoms with Gasteiger partial charge >= 0.3 is 0 Å². The Hall–Kier alpha value is -2.90. The van der Waals surface area contributed by atoms with E-state index in [-0.39, 0.29) is 24.1 Å². The Morgan fingerprint density at radius 1 is 1.00 bits per heavy atom. The Morgan fingerprint density at radius 2 is 1.84 bits per heavy atom. The molecule has 0 atom stereocenters. The molecule has 1 aliphatic carbocycles. The third-order valence-corrected chi connectivity index (χ3v) is 6.18. The zero-order valence-electron chi connectivity index (χ0n) is 18.0. The van der Waals surface area contributed by atoms with Crippen LogP contribution < -0.4 is 10.1 Å². The minimum absolute atomic E-state index is 0.00285. The Bertz CT molecular complexity index is 1150. The first-order valence-corrected chi connectivity index (χ1v) is 10.9. The topological polar surface area (TPSA) is 56.3 Å². The van der Waals surface area contributed by atoms with Gasteiger partial charge in [-0.2, -0.15) is 0 Å². The van der Waals surface area contributed by atoms with E-state index < -0.39 is 5.92 Å². The van der Waals surface area contributed by atoms with Crippen LogP contribution in [0.1, 0.15) is 28.7 Å². The summed E-state index contributed by atoms with van der Waals surface area (Å²) >= 11 is 0. The van der Waals surface area contributed by atoms with Crippen LogP contribution in [-0.4, -0.2) is 37.1 Å². The number of hydrogen-bond donors (Lipinski definition) is 1. The van der Waals surface area contributed by atoms with Gasteiger partial charge in [-0.15, -0.1) is 10.2 Å². The Balaban J connectivity index is 1.62. The standard InChI is InChI=1S/C25H25F2N3O2/c1-31-12-13-32-21-5-3-2-4-19(21)24-20-8-10-25(26,27)22(20)23(29-30-24)17-6-7-18-15-28-11-9-16(18)14-17/h2-7,14,28H,8-13,15H2,1H3. The van der Waals surface area contributed by atoms with Gasteiger partial charge in [-0.3, -0.25) is 0 Å². The molecule has 2 heterocycles. The maximum atomic E-state index is 15.1. The number of nitrogens with zero attached hydrogens (tertiary/aromatic N) is 2. The average molecular weight is 437 g/mol. The SMILES string of the molecule is COCCOc1ccccc1-c1nnc(-c2ccc3c(c2)CCNC3)c2c1CCC2(F)F. The summed E-state index contributed by atoms with van der Waals surface area (Å²) in [5.41, 5.74) is 5.07. The fourth-order valence-electron chi connectivity index (χ4n) is 4.58. The molecule has 0 unspecified atom stereocenters. The first-order valence-electron chi connectivity index (χ1n) is 10.9. The molecule has 5 nitrogen and oxygen atoms in total. The quantitative estimate of drug-likeness (QED) is 0.575. The van der Waals surface area contributed by atoms with E-state index in [9.17, 15) is 0 Å². The van der Waals surface area contributed by atoms with Crippen LogP contribution in [0, 0.1) is 0 Å². The van der Waals surface area contributed by atoms with E-state index in [1.54, 1.807) is 7.11 Å². The summed E-state index contributed by atoms with van der Waals surface area (Å²) < 4.78 is 41.2. The first kappa shape index (κ1) is 21.0. The predicted octanol–water partition coefficient (Wildman–Crippen LogP) is 4.52. The highest BCUT2D eigenvalue weighted by atomic mass is 19.3. The third-order valence-electron chi connectivity index (χ3n) is 6.18. The Morgan fingerprint density at radius 3 is 2.72 bits per heavy atom. The number of ether oxygens (including phenoxy) is 2. The summed E-state index contributed by atoms with van der Waals surface area (Å²) in [5.74, 6) is -2.36. The van der Waals surface area contributed by atoms with Gasteiger partial charge in [0.2, 0.25) is 0 Å². The summed E-state index contributed by atoms with van der Waals surface area (Å²) in [4.78, 5) is 0. The number of methoxy groups -OCH3 is 1. The highest BCUT2D eigenvalue weighted by Gasteiger charge is 2.44. The molecule has 0 spiro atoms.